The van der Waals surface area contributed by atoms with Crippen molar-refractivity contribution < 1.29 is 9.53 Å². The molecule has 2 N–H and O–H groups in total. The fraction of sp³-hybridized carbons (Fsp3) is 0.381. The highest BCUT2D eigenvalue weighted by Crippen LogP contribution is 2.25. The maximum Gasteiger partial charge on any atom is 0.226 e. The first kappa shape index (κ1) is 19.6. The van der Waals surface area contributed by atoms with E-state index in [1.807, 2.05) is 49.4 Å². The zero-order valence-electron chi connectivity index (χ0n) is 16.1. The van der Waals surface area contributed by atoms with E-state index in [4.69, 9.17) is 4.74 Å². The van der Waals surface area contributed by atoms with Gasteiger partial charge in [0.1, 0.15) is 5.75 Å². The summed E-state index contributed by atoms with van der Waals surface area (Å²) in [7, 11) is 1.64. The van der Waals surface area contributed by atoms with Crippen molar-refractivity contribution in [2.45, 2.75) is 27.2 Å². The predicted molar refractivity (Wildman–Crippen MR) is 109 cm³/mol. The van der Waals surface area contributed by atoms with Crippen molar-refractivity contribution in [2.24, 2.45) is 0 Å². The monoisotopic (exact) mass is 355 g/mol. The van der Waals surface area contributed by atoms with Crippen molar-refractivity contribution in [3.8, 4) is 5.75 Å². The standard InChI is InChI=1S/C21H29N3O2/c1-5-24(6-2)18-10-8-17(9-11-18)23-21(25)13-14-22-19-15-16(3)7-12-20(19)26-4/h7-12,15,22H,5-6,13-14H2,1-4H3,(H,23,25). The van der Waals surface area contributed by atoms with Crippen LogP contribution in [0.5, 0.6) is 5.75 Å². The summed E-state index contributed by atoms with van der Waals surface area (Å²) in [6.45, 7) is 8.78. The van der Waals surface area contributed by atoms with Crippen LogP contribution in [0.1, 0.15) is 25.8 Å². The molecule has 1 amide bonds. The lowest BCUT2D eigenvalue weighted by atomic mass is 10.2. The van der Waals surface area contributed by atoms with E-state index in [0.717, 1.165) is 35.8 Å². The molecule has 0 aromatic heterocycles. The number of hydrogen-bond donors (Lipinski definition) is 2. The number of anilines is 3. The molecule has 0 unspecified atom stereocenters. The summed E-state index contributed by atoms with van der Waals surface area (Å²) in [6.07, 6.45) is 0.384. The van der Waals surface area contributed by atoms with Gasteiger partial charge in [-0.2, -0.15) is 0 Å². The maximum absolute atomic E-state index is 12.2. The van der Waals surface area contributed by atoms with E-state index in [0.29, 0.717) is 13.0 Å². The summed E-state index contributed by atoms with van der Waals surface area (Å²) >= 11 is 0. The molecular formula is C21H29N3O2. The van der Waals surface area contributed by atoms with Crippen LogP contribution in [-0.2, 0) is 4.79 Å². The van der Waals surface area contributed by atoms with E-state index in [1.54, 1.807) is 7.11 Å². The second kappa shape index (κ2) is 9.70. The van der Waals surface area contributed by atoms with Crippen LogP contribution in [0, 0.1) is 6.92 Å². The minimum Gasteiger partial charge on any atom is -0.495 e. The quantitative estimate of drug-likeness (QED) is 0.704. The molecule has 5 heteroatoms. The van der Waals surface area contributed by atoms with Gasteiger partial charge >= 0.3 is 0 Å². The lowest BCUT2D eigenvalue weighted by Gasteiger charge is -2.21. The zero-order valence-corrected chi connectivity index (χ0v) is 16.1. The van der Waals surface area contributed by atoms with Crippen molar-refractivity contribution in [3.05, 3.63) is 48.0 Å². The van der Waals surface area contributed by atoms with Crippen molar-refractivity contribution in [1.29, 1.82) is 0 Å². The number of amides is 1. The van der Waals surface area contributed by atoms with Crippen LogP contribution in [0.25, 0.3) is 0 Å². The predicted octanol–water partition coefficient (Wildman–Crippen LogP) is 4.29. The number of carbonyl (C=O) groups is 1. The molecule has 0 heterocycles. The molecule has 140 valence electrons. The van der Waals surface area contributed by atoms with Crippen LogP contribution in [-0.4, -0.2) is 32.7 Å². The van der Waals surface area contributed by atoms with Crippen LogP contribution in [0.3, 0.4) is 0 Å². The number of nitrogens with one attached hydrogen (secondary N) is 2. The van der Waals surface area contributed by atoms with Gasteiger partial charge in [0, 0.05) is 37.4 Å². The second-order valence-corrected chi connectivity index (χ2v) is 6.15. The van der Waals surface area contributed by atoms with E-state index >= 15 is 0 Å². The van der Waals surface area contributed by atoms with Gasteiger partial charge in [-0.15, -0.1) is 0 Å². The Morgan fingerprint density at radius 1 is 1.08 bits per heavy atom. The fourth-order valence-electron chi connectivity index (χ4n) is 2.84. The van der Waals surface area contributed by atoms with Crippen LogP contribution in [0.2, 0.25) is 0 Å². The number of benzene rings is 2. The average Bonchev–Trinajstić information content (AvgIpc) is 2.64. The Hall–Kier alpha value is -2.69. The molecule has 0 aliphatic rings. The Morgan fingerprint density at radius 3 is 2.38 bits per heavy atom. The molecule has 0 fully saturated rings. The van der Waals surface area contributed by atoms with Gasteiger partial charge in [-0.3, -0.25) is 4.79 Å². The third-order valence-electron chi connectivity index (χ3n) is 4.30. The minimum absolute atomic E-state index is 0.0142. The van der Waals surface area contributed by atoms with Gasteiger partial charge in [0.05, 0.1) is 12.8 Å². The summed E-state index contributed by atoms with van der Waals surface area (Å²) in [5.41, 5.74) is 4.04. The molecule has 5 nitrogen and oxygen atoms in total. The zero-order chi connectivity index (χ0) is 18.9. The number of ether oxygens (including phenoxy) is 1. The number of aryl methyl sites for hydroxylation is 1. The topological polar surface area (TPSA) is 53.6 Å². The van der Waals surface area contributed by atoms with Gasteiger partial charge < -0.3 is 20.3 Å². The molecule has 0 saturated carbocycles. The number of methoxy groups -OCH3 is 1. The molecule has 0 aliphatic carbocycles. The van der Waals surface area contributed by atoms with Crippen LogP contribution in [0.15, 0.2) is 42.5 Å². The smallest absolute Gasteiger partial charge is 0.226 e. The lowest BCUT2D eigenvalue weighted by Crippen LogP contribution is -2.21. The molecular weight excluding hydrogens is 326 g/mol. The van der Waals surface area contributed by atoms with Crippen molar-refractivity contribution in [1.82, 2.24) is 0 Å². The first-order valence-electron chi connectivity index (χ1n) is 9.10. The number of nitrogens with zero attached hydrogens (tertiary/aromatic N) is 1. The largest absolute Gasteiger partial charge is 0.495 e. The molecule has 26 heavy (non-hydrogen) atoms. The molecule has 0 atom stereocenters. The highest BCUT2D eigenvalue weighted by molar-refractivity contribution is 5.91. The van der Waals surface area contributed by atoms with Gasteiger partial charge in [-0.25, -0.2) is 0 Å². The third kappa shape index (κ3) is 5.41. The van der Waals surface area contributed by atoms with Crippen LogP contribution >= 0.6 is 0 Å². The maximum atomic E-state index is 12.2. The summed E-state index contributed by atoms with van der Waals surface area (Å²) in [4.78, 5) is 14.4. The molecule has 0 bridgehead atoms. The molecule has 0 spiro atoms. The van der Waals surface area contributed by atoms with E-state index < -0.39 is 0 Å². The van der Waals surface area contributed by atoms with Crippen molar-refractivity contribution in [2.75, 3.05) is 42.3 Å². The second-order valence-electron chi connectivity index (χ2n) is 6.15. The minimum atomic E-state index is -0.0142. The SMILES string of the molecule is CCN(CC)c1ccc(NC(=O)CCNc2cc(C)ccc2OC)cc1. The van der Waals surface area contributed by atoms with E-state index in [1.165, 1.54) is 5.69 Å². The molecule has 2 aromatic rings. The summed E-state index contributed by atoms with van der Waals surface area (Å²) in [6, 6.07) is 13.9. The molecule has 0 radical (unpaired) electrons. The Labute approximate surface area is 156 Å². The first-order valence-corrected chi connectivity index (χ1v) is 9.10. The Morgan fingerprint density at radius 2 is 1.77 bits per heavy atom. The van der Waals surface area contributed by atoms with Crippen molar-refractivity contribution >= 4 is 23.0 Å². The Bertz CT molecular complexity index is 710. The van der Waals surface area contributed by atoms with Gasteiger partial charge in [0.2, 0.25) is 5.91 Å². The van der Waals surface area contributed by atoms with Gasteiger partial charge in [0.25, 0.3) is 0 Å². The third-order valence-corrected chi connectivity index (χ3v) is 4.30. The number of rotatable bonds is 9. The van der Waals surface area contributed by atoms with E-state index in [2.05, 4.69) is 29.4 Å². The molecule has 0 aliphatic heterocycles. The van der Waals surface area contributed by atoms with Gasteiger partial charge in [-0.1, -0.05) is 6.07 Å². The highest BCUT2D eigenvalue weighted by Gasteiger charge is 2.06. The number of carbonyl (C=O) groups excluding carboxylic acids is 1. The number of hydrogen-bond acceptors (Lipinski definition) is 4. The average molecular weight is 355 g/mol. The van der Waals surface area contributed by atoms with E-state index in [-0.39, 0.29) is 5.91 Å². The Kier molecular flexibility index (Phi) is 7.33. The Balaban J connectivity index is 1.85. The molecule has 2 aromatic carbocycles. The summed E-state index contributed by atoms with van der Waals surface area (Å²) < 4.78 is 5.34. The van der Waals surface area contributed by atoms with Gasteiger partial charge in [0.15, 0.2) is 0 Å². The first-order chi connectivity index (χ1) is 12.6. The van der Waals surface area contributed by atoms with Crippen molar-refractivity contribution in [3.63, 3.8) is 0 Å². The van der Waals surface area contributed by atoms with E-state index in [9.17, 15) is 4.79 Å². The summed E-state index contributed by atoms with van der Waals surface area (Å²) in [5, 5.41) is 6.21. The van der Waals surface area contributed by atoms with Crippen LogP contribution in [0.4, 0.5) is 17.1 Å². The lowest BCUT2D eigenvalue weighted by molar-refractivity contribution is -0.115. The highest BCUT2D eigenvalue weighted by atomic mass is 16.5. The normalized spacial score (nSPS) is 10.3. The van der Waals surface area contributed by atoms with Gasteiger partial charge in [-0.05, 0) is 62.7 Å². The molecule has 2 rings (SSSR count). The summed E-state index contributed by atoms with van der Waals surface area (Å²) in [5.74, 6) is 0.766. The van der Waals surface area contributed by atoms with Crippen LogP contribution < -0.4 is 20.3 Å². The fourth-order valence-corrected chi connectivity index (χ4v) is 2.84. The molecule has 0 saturated heterocycles.